The van der Waals surface area contributed by atoms with Gasteiger partial charge in [-0.15, -0.1) is 0 Å². The summed E-state index contributed by atoms with van der Waals surface area (Å²) in [6, 6.07) is 0.648. The quantitative estimate of drug-likeness (QED) is 0.749. The highest BCUT2D eigenvalue weighted by Crippen LogP contribution is 2.69. The summed E-state index contributed by atoms with van der Waals surface area (Å²) in [4.78, 5) is 0. The van der Waals surface area contributed by atoms with Crippen molar-refractivity contribution in [1.29, 1.82) is 0 Å². The molecule has 0 aromatic heterocycles. The fraction of sp³-hybridized carbons (Fsp3) is 1.00. The van der Waals surface area contributed by atoms with Gasteiger partial charge in [-0.05, 0) is 42.6 Å². The van der Waals surface area contributed by atoms with Crippen LogP contribution in [0.4, 0.5) is 0 Å². The normalized spacial score (nSPS) is 38.6. The molecule has 0 heterocycles. The van der Waals surface area contributed by atoms with Crippen molar-refractivity contribution in [3.05, 3.63) is 0 Å². The van der Waals surface area contributed by atoms with Crippen molar-refractivity contribution in [2.24, 2.45) is 16.7 Å². The van der Waals surface area contributed by atoms with Gasteiger partial charge in [-0.2, -0.15) is 0 Å². The van der Waals surface area contributed by atoms with E-state index < -0.39 is 0 Å². The highest BCUT2D eigenvalue weighted by atomic mass is 14.9. The summed E-state index contributed by atoms with van der Waals surface area (Å²) in [6.45, 7) is 10.8. The van der Waals surface area contributed by atoms with Gasteiger partial charge in [0.2, 0.25) is 0 Å². The van der Waals surface area contributed by atoms with Crippen LogP contribution in [0.25, 0.3) is 0 Å². The van der Waals surface area contributed by atoms with E-state index in [4.69, 9.17) is 0 Å². The Morgan fingerprint density at radius 2 is 1.87 bits per heavy atom. The number of hydrogen-bond donors (Lipinski definition) is 1. The summed E-state index contributed by atoms with van der Waals surface area (Å²) in [6.07, 6.45) is 7.36. The molecule has 2 aliphatic rings. The second-order valence-corrected chi connectivity index (χ2v) is 6.71. The molecule has 1 N–H and O–H groups in total. The molecule has 0 aromatic rings. The molecule has 1 heteroatoms. The number of nitrogens with one attached hydrogen (secondary N) is 1. The van der Waals surface area contributed by atoms with Crippen LogP contribution in [0.1, 0.15) is 59.8 Å². The van der Waals surface area contributed by atoms with E-state index in [0.29, 0.717) is 16.9 Å². The van der Waals surface area contributed by atoms with Gasteiger partial charge >= 0.3 is 0 Å². The zero-order valence-electron chi connectivity index (χ0n) is 10.9. The van der Waals surface area contributed by atoms with Crippen LogP contribution in [0.2, 0.25) is 0 Å². The van der Waals surface area contributed by atoms with Gasteiger partial charge in [0.15, 0.2) is 0 Å². The Kier molecular flexibility index (Phi) is 2.87. The smallest absolute Gasteiger partial charge is 0.00104 e. The van der Waals surface area contributed by atoms with Crippen LogP contribution in [-0.4, -0.2) is 12.6 Å². The van der Waals surface area contributed by atoms with E-state index in [9.17, 15) is 0 Å². The molecule has 0 saturated heterocycles. The van der Waals surface area contributed by atoms with Crippen molar-refractivity contribution in [3.63, 3.8) is 0 Å². The molecule has 0 aromatic carbocycles. The lowest BCUT2D eigenvalue weighted by atomic mass is 9.65. The van der Waals surface area contributed by atoms with Gasteiger partial charge in [0.25, 0.3) is 0 Å². The molecule has 1 nitrogen and oxygen atoms in total. The average Bonchev–Trinajstić information content (AvgIpc) is 2.83. The minimum atomic E-state index is 0.606. The van der Waals surface area contributed by atoms with Crippen LogP contribution in [-0.2, 0) is 0 Å². The first-order valence-electron chi connectivity index (χ1n) is 6.71. The highest BCUT2D eigenvalue weighted by molar-refractivity contribution is 5.12. The third kappa shape index (κ3) is 1.95. The van der Waals surface area contributed by atoms with Crippen molar-refractivity contribution < 1.29 is 0 Å². The molecule has 2 unspecified atom stereocenters. The zero-order valence-corrected chi connectivity index (χ0v) is 10.9. The van der Waals surface area contributed by atoms with Crippen molar-refractivity contribution in [1.82, 2.24) is 5.32 Å². The Balaban J connectivity index is 1.92. The van der Waals surface area contributed by atoms with Crippen molar-refractivity contribution in [2.45, 2.75) is 65.8 Å². The maximum atomic E-state index is 3.62. The van der Waals surface area contributed by atoms with E-state index in [2.05, 4.69) is 33.0 Å². The predicted molar refractivity (Wildman–Crippen MR) is 65.9 cm³/mol. The standard InChI is InChI=1S/C14H27N/c1-11(2)15-10-12-9-14(12)8-6-5-7-13(14,3)4/h11-12,15H,5-10H2,1-4H3. The topological polar surface area (TPSA) is 12.0 Å². The number of rotatable bonds is 3. The second-order valence-electron chi connectivity index (χ2n) is 6.71. The highest BCUT2D eigenvalue weighted by Gasteiger charge is 2.62. The van der Waals surface area contributed by atoms with Gasteiger partial charge in [-0.3, -0.25) is 0 Å². The average molecular weight is 209 g/mol. The van der Waals surface area contributed by atoms with Gasteiger partial charge in [0, 0.05) is 6.04 Å². The lowest BCUT2D eigenvalue weighted by Gasteiger charge is -2.40. The van der Waals surface area contributed by atoms with E-state index in [1.165, 1.54) is 38.6 Å². The van der Waals surface area contributed by atoms with Crippen molar-refractivity contribution >= 4 is 0 Å². The molecule has 2 saturated carbocycles. The molecule has 15 heavy (non-hydrogen) atoms. The Bertz CT molecular complexity index is 231. The van der Waals surface area contributed by atoms with Gasteiger partial charge in [0.05, 0.1) is 0 Å². The Labute approximate surface area is 95.0 Å². The molecule has 1 spiro atoms. The predicted octanol–water partition coefficient (Wildman–Crippen LogP) is 3.59. The van der Waals surface area contributed by atoms with Gasteiger partial charge in [-0.1, -0.05) is 40.5 Å². The van der Waals surface area contributed by atoms with Crippen LogP contribution in [0.15, 0.2) is 0 Å². The van der Waals surface area contributed by atoms with Crippen LogP contribution in [0.5, 0.6) is 0 Å². The minimum absolute atomic E-state index is 0.606. The number of hydrogen-bond acceptors (Lipinski definition) is 1. The van der Waals surface area contributed by atoms with Crippen LogP contribution in [0.3, 0.4) is 0 Å². The third-order valence-electron chi connectivity index (χ3n) is 5.03. The van der Waals surface area contributed by atoms with E-state index in [-0.39, 0.29) is 0 Å². The van der Waals surface area contributed by atoms with Gasteiger partial charge in [0.1, 0.15) is 0 Å². The van der Waals surface area contributed by atoms with Crippen molar-refractivity contribution in [3.8, 4) is 0 Å². The van der Waals surface area contributed by atoms with Crippen molar-refractivity contribution in [2.75, 3.05) is 6.54 Å². The van der Waals surface area contributed by atoms with Gasteiger partial charge in [-0.25, -0.2) is 0 Å². The zero-order chi connectivity index (χ0) is 11.1. The Hall–Kier alpha value is -0.0400. The van der Waals surface area contributed by atoms with E-state index in [1.54, 1.807) is 0 Å². The summed E-state index contributed by atoms with van der Waals surface area (Å²) in [7, 11) is 0. The first-order chi connectivity index (χ1) is 6.98. The first-order valence-corrected chi connectivity index (χ1v) is 6.71. The van der Waals surface area contributed by atoms with E-state index >= 15 is 0 Å². The lowest BCUT2D eigenvalue weighted by molar-refractivity contribution is 0.0977. The molecule has 2 atom stereocenters. The third-order valence-corrected chi connectivity index (χ3v) is 5.03. The molecular weight excluding hydrogens is 182 g/mol. The first kappa shape index (κ1) is 11.4. The molecule has 0 amide bonds. The summed E-state index contributed by atoms with van der Waals surface area (Å²) in [5.74, 6) is 0.968. The minimum Gasteiger partial charge on any atom is -0.314 e. The maximum absolute atomic E-state index is 3.62. The summed E-state index contributed by atoms with van der Waals surface area (Å²) < 4.78 is 0. The summed E-state index contributed by atoms with van der Waals surface area (Å²) in [5, 5.41) is 3.62. The molecule has 2 rings (SSSR count). The Morgan fingerprint density at radius 3 is 2.47 bits per heavy atom. The molecule has 2 fully saturated rings. The van der Waals surface area contributed by atoms with E-state index in [0.717, 1.165) is 5.92 Å². The molecular formula is C14H27N. The van der Waals surface area contributed by atoms with Crippen LogP contribution in [0, 0.1) is 16.7 Å². The lowest BCUT2D eigenvalue weighted by Crippen LogP contribution is -2.34. The molecule has 0 aliphatic heterocycles. The fourth-order valence-corrected chi connectivity index (χ4v) is 3.76. The fourth-order valence-electron chi connectivity index (χ4n) is 3.76. The van der Waals surface area contributed by atoms with Crippen LogP contribution < -0.4 is 5.32 Å². The Morgan fingerprint density at radius 1 is 1.20 bits per heavy atom. The molecule has 0 bridgehead atoms. The maximum Gasteiger partial charge on any atom is 0.00104 e. The summed E-state index contributed by atoms with van der Waals surface area (Å²) >= 11 is 0. The molecule has 88 valence electrons. The SMILES string of the molecule is CC(C)NCC1CC12CCCCC2(C)C. The largest absolute Gasteiger partial charge is 0.314 e. The van der Waals surface area contributed by atoms with Gasteiger partial charge < -0.3 is 5.32 Å². The van der Waals surface area contributed by atoms with E-state index in [1.807, 2.05) is 0 Å². The van der Waals surface area contributed by atoms with Crippen LogP contribution >= 0.6 is 0 Å². The molecule has 2 aliphatic carbocycles. The second kappa shape index (κ2) is 3.76. The molecule has 0 radical (unpaired) electrons. The summed E-state index contributed by atoms with van der Waals surface area (Å²) in [5.41, 5.74) is 1.32. The monoisotopic (exact) mass is 209 g/mol.